The third-order valence-corrected chi connectivity index (χ3v) is 4.70. The van der Waals surface area contributed by atoms with Crippen molar-refractivity contribution in [3.8, 4) is 5.75 Å². The van der Waals surface area contributed by atoms with Gasteiger partial charge < -0.3 is 15.2 Å². The number of hydrogen-bond acceptors (Lipinski definition) is 3. The standard InChI is InChI=1S/C20H23NO3/c1-24-19-12-6-9-15-16(19)10-5-11-17(15)20(23)21-18(13-22)14-7-3-2-4-8-14/h2-4,6-9,12,17-18,22H,5,10-11,13H2,1H3,(H,21,23)/t17-,18+/m1/s1. The van der Waals surface area contributed by atoms with Gasteiger partial charge in [0.15, 0.2) is 0 Å². The molecule has 0 spiro atoms. The lowest BCUT2D eigenvalue weighted by atomic mass is 9.81. The van der Waals surface area contributed by atoms with Crippen LogP contribution in [0.2, 0.25) is 0 Å². The Labute approximate surface area is 142 Å². The molecule has 0 unspecified atom stereocenters. The summed E-state index contributed by atoms with van der Waals surface area (Å²) in [5.41, 5.74) is 3.09. The molecule has 126 valence electrons. The van der Waals surface area contributed by atoms with Gasteiger partial charge in [-0.05, 0) is 42.0 Å². The molecule has 0 saturated carbocycles. The van der Waals surface area contributed by atoms with Crippen LogP contribution in [-0.4, -0.2) is 24.7 Å². The summed E-state index contributed by atoms with van der Waals surface area (Å²) in [7, 11) is 1.66. The van der Waals surface area contributed by atoms with E-state index >= 15 is 0 Å². The SMILES string of the molecule is COc1cccc2c1CCC[C@H]2C(=O)N[C@@H](CO)c1ccccc1. The van der Waals surface area contributed by atoms with Gasteiger partial charge in [0.2, 0.25) is 5.91 Å². The highest BCUT2D eigenvalue weighted by atomic mass is 16.5. The molecule has 0 fully saturated rings. The van der Waals surface area contributed by atoms with Crippen LogP contribution in [0.1, 0.15) is 41.5 Å². The van der Waals surface area contributed by atoms with Gasteiger partial charge in [-0.2, -0.15) is 0 Å². The first kappa shape index (κ1) is 16.5. The van der Waals surface area contributed by atoms with Crippen LogP contribution in [-0.2, 0) is 11.2 Å². The first-order chi connectivity index (χ1) is 11.7. The molecule has 0 aromatic heterocycles. The first-order valence-corrected chi connectivity index (χ1v) is 8.36. The molecule has 2 N–H and O–H groups in total. The molecule has 2 atom stereocenters. The Balaban J connectivity index is 1.82. The number of hydrogen-bond donors (Lipinski definition) is 2. The lowest BCUT2D eigenvalue weighted by molar-refractivity contribution is -0.124. The monoisotopic (exact) mass is 325 g/mol. The van der Waals surface area contributed by atoms with Gasteiger partial charge in [-0.1, -0.05) is 42.5 Å². The van der Waals surface area contributed by atoms with E-state index in [4.69, 9.17) is 4.74 Å². The van der Waals surface area contributed by atoms with Crippen LogP contribution in [0.4, 0.5) is 0 Å². The molecule has 0 bridgehead atoms. The average Bonchev–Trinajstić information content (AvgIpc) is 2.65. The highest BCUT2D eigenvalue weighted by Crippen LogP contribution is 2.37. The third kappa shape index (κ3) is 3.29. The molecule has 1 amide bonds. The minimum atomic E-state index is -0.380. The summed E-state index contributed by atoms with van der Waals surface area (Å²) in [5.74, 6) is 0.625. The van der Waals surface area contributed by atoms with Gasteiger partial charge in [-0.25, -0.2) is 0 Å². The lowest BCUT2D eigenvalue weighted by Gasteiger charge is -2.28. The maximum atomic E-state index is 12.8. The van der Waals surface area contributed by atoms with Crippen LogP contribution in [0.15, 0.2) is 48.5 Å². The lowest BCUT2D eigenvalue weighted by Crippen LogP contribution is -2.36. The normalized spacial score (nSPS) is 17.7. The second kappa shape index (κ2) is 7.49. The van der Waals surface area contributed by atoms with Crippen molar-refractivity contribution in [3.05, 3.63) is 65.2 Å². The summed E-state index contributed by atoms with van der Waals surface area (Å²) in [6.45, 7) is -0.118. The van der Waals surface area contributed by atoms with Crippen LogP contribution in [0.3, 0.4) is 0 Å². The van der Waals surface area contributed by atoms with Crippen LogP contribution < -0.4 is 10.1 Å². The van der Waals surface area contributed by atoms with E-state index in [1.807, 2.05) is 48.5 Å². The maximum Gasteiger partial charge on any atom is 0.228 e. The van der Waals surface area contributed by atoms with Crippen LogP contribution in [0.25, 0.3) is 0 Å². The minimum absolute atomic E-state index is 0.0351. The van der Waals surface area contributed by atoms with Crippen molar-refractivity contribution in [1.82, 2.24) is 5.32 Å². The Morgan fingerprint density at radius 1 is 1.25 bits per heavy atom. The second-order valence-electron chi connectivity index (χ2n) is 6.13. The summed E-state index contributed by atoms with van der Waals surface area (Å²) >= 11 is 0. The second-order valence-corrected chi connectivity index (χ2v) is 6.13. The van der Waals surface area contributed by atoms with E-state index < -0.39 is 0 Å². The summed E-state index contributed by atoms with van der Waals surface area (Å²) in [4.78, 5) is 12.8. The Morgan fingerprint density at radius 3 is 2.75 bits per heavy atom. The van der Waals surface area contributed by atoms with Crippen molar-refractivity contribution in [3.63, 3.8) is 0 Å². The molecule has 2 aromatic carbocycles. The van der Waals surface area contributed by atoms with Gasteiger partial charge in [0.05, 0.1) is 25.7 Å². The van der Waals surface area contributed by atoms with Crippen LogP contribution in [0.5, 0.6) is 5.75 Å². The van der Waals surface area contributed by atoms with E-state index in [1.54, 1.807) is 7.11 Å². The van der Waals surface area contributed by atoms with E-state index in [0.717, 1.165) is 41.7 Å². The summed E-state index contributed by atoms with van der Waals surface area (Å²) in [6.07, 6.45) is 2.71. The molecule has 4 heteroatoms. The van der Waals surface area contributed by atoms with E-state index in [-0.39, 0.29) is 24.5 Å². The Bertz CT molecular complexity index is 699. The molecule has 24 heavy (non-hydrogen) atoms. The van der Waals surface area contributed by atoms with Crippen molar-refractivity contribution in [2.75, 3.05) is 13.7 Å². The molecule has 0 aliphatic heterocycles. The molecule has 0 radical (unpaired) electrons. The number of carbonyl (C=O) groups is 1. The Morgan fingerprint density at radius 2 is 2.04 bits per heavy atom. The van der Waals surface area contributed by atoms with Gasteiger partial charge in [0.1, 0.15) is 5.75 Å². The molecular formula is C20H23NO3. The van der Waals surface area contributed by atoms with Gasteiger partial charge in [0, 0.05) is 0 Å². The Hall–Kier alpha value is -2.33. The number of aliphatic hydroxyl groups excluding tert-OH is 1. The summed E-state index contributed by atoms with van der Waals surface area (Å²) in [6, 6.07) is 15.1. The van der Waals surface area contributed by atoms with Crippen molar-refractivity contribution >= 4 is 5.91 Å². The van der Waals surface area contributed by atoms with E-state index in [0.29, 0.717) is 0 Å². The summed E-state index contributed by atoms with van der Waals surface area (Å²) in [5, 5.41) is 12.7. The predicted octanol–water partition coefficient (Wildman–Crippen LogP) is 2.96. The highest BCUT2D eigenvalue weighted by molar-refractivity contribution is 5.85. The zero-order valence-corrected chi connectivity index (χ0v) is 13.9. The maximum absolute atomic E-state index is 12.8. The number of fused-ring (bicyclic) bond motifs is 1. The van der Waals surface area contributed by atoms with Crippen molar-refractivity contribution in [1.29, 1.82) is 0 Å². The van der Waals surface area contributed by atoms with Gasteiger partial charge in [0.25, 0.3) is 0 Å². The van der Waals surface area contributed by atoms with Crippen LogP contribution >= 0.6 is 0 Å². The molecule has 0 saturated heterocycles. The van der Waals surface area contributed by atoms with Crippen LogP contribution in [0, 0.1) is 0 Å². The average molecular weight is 325 g/mol. The molecule has 4 nitrogen and oxygen atoms in total. The number of carbonyl (C=O) groups excluding carboxylic acids is 1. The van der Waals surface area contributed by atoms with Crippen molar-refractivity contribution < 1.29 is 14.6 Å². The largest absolute Gasteiger partial charge is 0.496 e. The fourth-order valence-corrected chi connectivity index (χ4v) is 3.47. The number of methoxy groups -OCH3 is 1. The topological polar surface area (TPSA) is 58.6 Å². The molecule has 1 aliphatic carbocycles. The minimum Gasteiger partial charge on any atom is -0.496 e. The molecule has 2 aromatic rings. The predicted molar refractivity (Wildman–Crippen MR) is 93.1 cm³/mol. The summed E-state index contributed by atoms with van der Waals surface area (Å²) < 4.78 is 5.44. The number of ether oxygens (including phenoxy) is 1. The number of benzene rings is 2. The van der Waals surface area contributed by atoms with E-state index in [2.05, 4.69) is 5.32 Å². The van der Waals surface area contributed by atoms with Crippen molar-refractivity contribution in [2.24, 2.45) is 0 Å². The molecular weight excluding hydrogens is 302 g/mol. The van der Waals surface area contributed by atoms with Gasteiger partial charge in [-0.15, -0.1) is 0 Å². The van der Waals surface area contributed by atoms with Gasteiger partial charge in [-0.3, -0.25) is 4.79 Å². The van der Waals surface area contributed by atoms with Gasteiger partial charge >= 0.3 is 0 Å². The molecule has 3 rings (SSSR count). The number of nitrogens with one attached hydrogen (secondary N) is 1. The van der Waals surface area contributed by atoms with E-state index in [9.17, 15) is 9.90 Å². The number of aliphatic hydroxyl groups is 1. The highest BCUT2D eigenvalue weighted by Gasteiger charge is 2.29. The quantitative estimate of drug-likeness (QED) is 0.888. The Kier molecular flexibility index (Phi) is 5.16. The zero-order valence-electron chi connectivity index (χ0n) is 13.9. The first-order valence-electron chi connectivity index (χ1n) is 8.36. The van der Waals surface area contributed by atoms with E-state index in [1.165, 1.54) is 0 Å². The third-order valence-electron chi connectivity index (χ3n) is 4.70. The van der Waals surface area contributed by atoms with Crippen molar-refractivity contribution in [2.45, 2.75) is 31.2 Å². The zero-order chi connectivity index (χ0) is 16.9. The fraction of sp³-hybridized carbons (Fsp3) is 0.350. The molecule has 0 heterocycles. The number of amides is 1. The molecule has 1 aliphatic rings. The fourth-order valence-electron chi connectivity index (χ4n) is 3.47. The smallest absolute Gasteiger partial charge is 0.228 e. The number of rotatable bonds is 5.